The van der Waals surface area contributed by atoms with E-state index in [1.54, 1.807) is 11.8 Å². The number of hydrogen-bond acceptors (Lipinski definition) is 3. The van der Waals surface area contributed by atoms with Crippen molar-refractivity contribution >= 4 is 46.0 Å². The van der Waals surface area contributed by atoms with Crippen molar-refractivity contribution in [2.24, 2.45) is 11.1 Å². The van der Waals surface area contributed by atoms with Crippen LogP contribution in [0.15, 0.2) is 33.6 Å². The number of rotatable bonds is 5. The van der Waals surface area contributed by atoms with Gasteiger partial charge in [-0.25, -0.2) is 0 Å². The molecule has 1 heterocycles. The Hall–Kier alpha value is -0.230. The van der Waals surface area contributed by atoms with Gasteiger partial charge in [-0.1, -0.05) is 22.9 Å². The summed E-state index contributed by atoms with van der Waals surface area (Å²) in [6.07, 6.45) is 1.62. The number of nitrogens with two attached hydrogens (primary N) is 1. The average molecular weight is 394 g/mol. The second-order valence-corrected chi connectivity index (χ2v) is 7.72. The molecule has 1 aliphatic rings. The number of benzene rings is 1. The first-order chi connectivity index (χ1) is 9.52. The van der Waals surface area contributed by atoms with E-state index >= 15 is 0 Å². The van der Waals surface area contributed by atoms with Crippen LogP contribution in [0.4, 0.5) is 0 Å². The van der Waals surface area contributed by atoms with E-state index in [0.717, 1.165) is 29.7 Å². The second kappa shape index (κ2) is 8.42. The minimum absolute atomic E-state index is 0. The summed E-state index contributed by atoms with van der Waals surface area (Å²) >= 11 is 5.15. The standard InChI is InChI=1S/C15H21BrN2OS.ClH/c1-15(10-17)7-8-18(11-15)14(19)6-9-20-13-4-2-12(16)3-5-13;/h2-5H,6-11,17H2,1H3;1H. The number of carbonyl (C=O) groups excluding carboxylic acids is 1. The zero-order valence-corrected chi connectivity index (χ0v) is 15.4. The van der Waals surface area contributed by atoms with Crippen LogP contribution in [0.3, 0.4) is 0 Å². The van der Waals surface area contributed by atoms with Crippen molar-refractivity contribution in [3.63, 3.8) is 0 Å². The molecule has 3 nitrogen and oxygen atoms in total. The van der Waals surface area contributed by atoms with E-state index in [1.807, 2.05) is 17.0 Å². The van der Waals surface area contributed by atoms with Crippen LogP contribution in [0.25, 0.3) is 0 Å². The highest BCUT2D eigenvalue weighted by atomic mass is 79.9. The zero-order chi connectivity index (χ0) is 14.6. The third kappa shape index (κ3) is 5.47. The van der Waals surface area contributed by atoms with Crippen LogP contribution in [0.1, 0.15) is 19.8 Å². The van der Waals surface area contributed by atoms with Gasteiger partial charge in [0.2, 0.25) is 5.91 Å². The Morgan fingerprint density at radius 1 is 1.43 bits per heavy atom. The van der Waals surface area contributed by atoms with Crippen LogP contribution in [0, 0.1) is 5.41 Å². The molecule has 1 aromatic carbocycles. The first-order valence-electron chi connectivity index (χ1n) is 6.89. The fourth-order valence-corrected chi connectivity index (χ4v) is 3.45. The number of likely N-dealkylation sites (tertiary alicyclic amines) is 1. The van der Waals surface area contributed by atoms with E-state index in [1.165, 1.54) is 4.90 Å². The molecule has 1 fully saturated rings. The Morgan fingerprint density at radius 3 is 2.67 bits per heavy atom. The fraction of sp³-hybridized carbons (Fsp3) is 0.533. The number of halogens is 2. The maximum Gasteiger partial charge on any atom is 0.223 e. The van der Waals surface area contributed by atoms with E-state index in [9.17, 15) is 4.79 Å². The van der Waals surface area contributed by atoms with Gasteiger partial charge in [-0.2, -0.15) is 0 Å². The van der Waals surface area contributed by atoms with Crippen LogP contribution in [0.2, 0.25) is 0 Å². The minimum atomic E-state index is 0. The smallest absolute Gasteiger partial charge is 0.223 e. The topological polar surface area (TPSA) is 46.3 Å². The molecule has 1 atom stereocenters. The first-order valence-corrected chi connectivity index (χ1v) is 8.66. The van der Waals surface area contributed by atoms with Crippen molar-refractivity contribution < 1.29 is 4.79 Å². The van der Waals surface area contributed by atoms with Gasteiger partial charge in [0, 0.05) is 34.6 Å². The number of carbonyl (C=O) groups is 1. The summed E-state index contributed by atoms with van der Waals surface area (Å²) in [6, 6.07) is 8.19. The SMILES string of the molecule is CC1(CN)CCN(C(=O)CCSc2ccc(Br)cc2)C1.Cl. The van der Waals surface area contributed by atoms with Crippen LogP contribution >= 0.6 is 40.1 Å². The largest absolute Gasteiger partial charge is 0.342 e. The molecule has 0 bridgehead atoms. The number of nitrogens with zero attached hydrogens (tertiary/aromatic N) is 1. The Bertz CT molecular complexity index is 471. The second-order valence-electron chi connectivity index (χ2n) is 5.63. The maximum absolute atomic E-state index is 12.2. The Morgan fingerprint density at radius 2 is 2.10 bits per heavy atom. The third-order valence-corrected chi connectivity index (χ3v) is 5.34. The van der Waals surface area contributed by atoms with Gasteiger partial charge in [0.05, 0.1) is 0 Å². The molecule has 1 amide bonds. The Balaban J connectivity index is 0.00000220. The summed E-state index contributed by atoms with van der Waals surface area (Å²) in [5, 5.41) is 0. The average Bonchev–Trinajstić information content (AvgIpc) is 2.84. The van der Waals surface area contributed by atoms with E-state index in [0.29, 0.717) is 13.0 Å². The van der Waals surface area contributed by atoms with Crippen LogP contribution < -0.4 is 5.73 Å². The van der Waals surface area contributed by atoms with Crippen LogP contribution in [0.5, 0.6) is 0 Å². The molecular weight excluding hydrogens is 372 g/mol. The highest BCUT2D eigenvalue weighted by Crippen LogP contribution is 2.29. The van der Waals surface area contributed by atoms with Crippen LogP contribution in [-0.4, -0.2) is 36.2 Å². The molecule has 0 aliphatic carbocycles. The number of hydrogen-bond donors (Lipinski definition) is 1. The lowest BCUT2D eigenvalue weighted by Crippen LogP contribution is -2.34. The molecule has 0 spiro atoms. The van der Waals surface area contributed by atoms with Gasteiger partial charge >= 0.3 is 0 Å². The van der Waals surface area contributed by atoms with Crippen molar-refractivity contribution in [2.75, 3.05) is 25.4 Å². The summed E-state index contributed by atoms with van der Waals surface area (Å²) < 4.78 is 1.08. The van der Waals surface area contributed by atoms with E-state index in [4.69, 9.17) is 5.73 Å². The summed E-state index contributed by atoms with van der Waals surface area (Å²) in [6.45, 7) is 4.49. The minimum Gasteiger partial charge on any atom is -0.342 e. The van der Waals surface area contributed by atoms with Crippen molar-refractivity contribution in [1.29, 1.82) is 0 Å². The Labute approximate surface area is 145 Å². The molecule has 2 N–H and O–H groups in total. The Kier molecular flexibility index (Phi) is 7.54. The molecule has 1 aliphatic heterocycles. The van der Waals surface area contributed by atoms with Crippen molar-refractivity contribution in [3.05, 3.63) is 28.7 Å². The molecule has 2 rings (SSSR count). The van der Waals surface area contributed by atoms with Gasteiger partial charge < -0.3 is 10.6 Å². The predicted octanol–water partition coefficient (Wildman–Crippen LogP) is 3.55. The predicted molar refractivity (Wildman–Crippen MR) is 95.1 cm³/mol. The van der Waals surface area contributed by atoms with Crippen molar-refractivity contribution in [2.45, 2.75) is 24.7 Å². The lowest BCUT2D eigenvalue weighted by molar-refractivity contribution is -0.130. The fourth-order valence-electron chi connectivity index (χ4n) is 2.35. The molecule has 21 heavy (non-hydrogen) atoms. The quantitative estimate of drug-likeness (QED) is 0.778. The molecule has 1 aromatic rings. The number of thioether (sulfide) groups is 1. The lowest BCUT2D eigenvalue weighted by atomic mass is 9.90. The molecule has 6 heteroatoms. The third-order valence-electron chi connectivity index (χ3n) is 3.80. The molecule has 1 unspecified atom stereocenters. The van der Waals surface area contributed by atoms with E-state index < -0.39 is 0 Å². The lowest BCUT2D eigenvalue weighted by Gasteiger charge is -2.22. The highest BCUT2D eigenvalue weighted by Gasteiger charge is 2.34. The van der Waals surface area contributed by atoms with Crippen molar-refractivity contribution in [1.82, 2.24) is 4.90 Å². The van der Waals surface area contributed by atoms with Gasteiger partial charge in [-0.15, -0.1) is 24.2 Å². The molecule has 1 saturated heterocycles. The molecule has 0 aromatic heterocycles. The van der Waals surface area contributed by atoms with Gasteiger partial charge in [-0.05, 0) is 42.6 Å². The summed E-state index contributed by atoms with van der Waals surface area (Å²) in [5.41, 5.74) is 5.89. The molecule has 0 saturated carbocycles. The normalized spacial score (nSPS) is 21.2. The molecule has 118 valence electrons. The monoisotopic (exact) mass is 392 g/mol. The van der Waals surface area contributed by atoms with Crippen LogP contribution in [-0.2, 0) is 4.79 Å². The molecule has 0 radical (unpaired) electrons. The maximum atomic E-state index is 12.2. The van der Waals surface area contributed by atoms with Gasteiger partial charge in [0.15, 0.2) is 0 Å². The summed E-state index contributed by atoms with van der Waals surface area (Å²) in [7, 11) is 0. The highest BCUT2D eigenvalue weighted by molar-refractivity contribution is 9.10. The molecular formula is C15H22BrClN2OS. The van der Waals surface area contributed by atoms with E-state index in [-0.39, 0.29) is 23.7 Å². The summed E-state index contributed by atoms with van der Waals surface area (Å²) in [5.74, 6) is 1.09. The van der Waals surface area contributed by atoms with E-state index in [2.05, 4.69) is 35.0 Å². The van der Waals surface area contributed by atoms with Crippen molar-refractivity contribution in [3.8, 4) is 0 Å². The number of amides is 1. The summed E-state index contributed by atoms with van der Waals surface area (Å²) in [4.78, 5) is 15.3. The van der Waals surface area contributed by atoms with Gasteiger partial charge in [0.1, 0.15) is 0 Å². The zero-order valence-electron chi connectivity index (χ0n) is 12.2. The first kappa shape index (κ1) is 18.8. The van der Waals surface area contributed by atoms with Gasteiger partial charge in [0.25, 0.3) is 0 Å². The van der Waals surface area contributed by atoms with Gasteiger partial charge in [-0.3, -0.25) is 4.79 Å².